The third-order valence-electron chi connectivity index (χ3n) is 2.88. The Morgan fingerprint density at radius 1 is 1.30 bits per heavy atom. The molecule has 2 rings (SSSR count). The topological polar surface area (TPSA) is 58.2 Å². The SMILES string of the molecule is O=S(=O)(NCC1=CCNCC1)c1c(Cl)cc(Br)cc1Cl. The average molecular weight is 400 g/mol. The molecule has 4 nitrogen and oxygen atoms in total. The van der Waals surface area contributed by atoms with Gasteiger partial charge in [-0.3, -0.25) is 0 Å². The van der Waals surface area contributed by atoms with Crippen molar-refractivity contribution in [2.24, 2.45) is 0 Å². The highest BCUT2D eigenvalue weighted by molar-refractivity contribution is 9.10. The molecule has 1 aromatic carbocycles. The number of rotatable bonds is 4. The summed E-state index contributed by atoms with van der Waals surface area (Å²) in [6.07, 6.45) is 2.81. The summed E-state index contributed by atoms with van der Waals surface area (Å²) in [4.78, 5) is -0.0847. The van der Waals surface area contributed by atoms with Gasteiger partial charge in [0, 0.05) is 17.6 Å². The van der Waals surface area contributed by atoms with E-state index in [-0.39, 0.29) is 21.5 Å². The summed E-state index contributed by atoms with van der Waals surface area (Å²) >= 11 is 15.2. The van der Waals surface area contributed by atoms with Gasteiger partial charge in [0.15, 0.2) is 0 Å². The normalized spacial score (nSPS) is 16.1. The van der Waals surface area contributed by atoms with E-state index in [2.05, 4.69) is 26.0 Å². The first-order valence-corrected chi connectivity index (χ1v) is 8.96. The lowest BCUT2D eigenvalue weighted by molar-refractivity contribution is 0.582. The zero-order valence-corrected chi connectivity index (χ0v) is 14.3. The number of benzene rings is 1. The van der Waals surface area contributed by atoms with Crippen LogP contribution in [0.2, 0.25) is 10.0 Å². The predicted molar refractivity (Wildman–Crippen MR) is 84.9 cm³/mol. The molecule has 0 unspecified atom stereocenters. The maximum atomic E-state index is 12.3. The van der Waals surface area contributed by atoms with Crippen molar-refractivity contribution in [2.75, 3.05) is 19.6 Å². The van der Waals surface area contributed by atoms with E-state index >= 15 is 0 Å². The van der Waals surface area contributed by atoms with Crippen LogP contribution >= 0.6 is 39.1 Å². The molecular weight excluding hydrogens is 387 g/mol. The molecule has 0 aromatic heterocycles. The number of hydrogen-bond acceptors (Lipinski definition) is 3. The van der Waals surface area contributed by atoms with Gasteiger partial charge in [-0.1, -0.05) is 50.8 Å². The Labute approximate surface area is 136 Å². The molecule has 1 aromatic rings. The molecule has 8 heteroatoms. The van der Waals surface area contributed by atoms with Gasteiger partial charge in [0.05, 0.1) is 10.0 Å². The monoisotopic (exact) mass is 398 g/mol. The fourth-order valence-electron chi connectivity index (χ4n) is 1.88. The van der Waals surface area contributed by atoms with E-state index in [0.29, 0.717) is 4.47 Å². The van der Waals surface area contributed by atoms with E-state index in [1.807, 2.05) is 6.08 Å². The van der Waals surface area contributed by atoms with Gasteiger partial charge in [0.2, 0.25) is 10.0 Å². The summed E-state index contributed by atoms with van der Waals surface area (Å²) in [5, 5.41) is 3.35. The standard InChI is InChI=1S/C12H13BrCl2N2O2S/c13-9-5-10(14)12(11(15)6-9)20(18,19)17-7-8-1-3-16-4-2-8/h1,5-6,16-17H,2-4,7H2. The van der Waals surface area contributed by atoms with Crippen molar-refractivity contribution >= 4 is 49.2 Å². The van der Waals surface area contributed by atoms with Crippen molar-refractivity contribution in [3.63, 3.8) is 0 Å². The van der Waals surface area contributed by atoms with E-state index < -0.39 is 10.0 Å². The van der Waals surface area contributed by atoms with Crippen LogP contribution in [-0.2, 0) is 10.0 Å². The summed E-state index contributed by atoms with van der Waals surface area (Å²) in [7, 11) is -3.73. The second kappa shape index (κ2) is 6.77. The first-order chi connectivity index (χ1) is 9.40. The second-order valence-electron chi connectivity index (χ2n) is 4.34. The van der Waals surface area contributed by atoms with Gasteiger partial charge in [0.25, 0.3) is 0 Å². The Bertz CT molecular complexity index is 624. The Balaban J connectivity index is 2.20. The van der Waals surface area contributed by atoms with E-state index in [0.717, 1.165) is 25.1 Å². The van der Waals surface area contributed by atoms with Crippen LogP contribution in [0.15, 0.2) is 33.2 Å². The molecule has 20 heavy (non-hydrogen) atoms. The highest BCUT2D eigenvalue weighted by atomic mass is 79.9. The van der Waals surface area contributed by atoms with E-state index in [4.69, 9.17) is 23.2 Å². The number of nitrogens with one attached hydrogen (secondary N) is 2. The minimum Gasteiger partial charge on any atom is -0.313 e. The Morgan fingerprint density at radius 2 is 1.95 bits per heavy atom. The van der Waals surface area contributed by atoms with Crippen LogP contribution in [0.5, 0.6) is 0 Å². The van der Waals surface area contributed by atoms with Crippen molar-refractivity contribution in [3.8, 4) is 0 Å². The molecule has 1 aliphatic heterocycles. The highest BCUT2D eigenvalue weighted by Gasteiger charge is 2.22. The van der Waals surface area contributed by atoms with Gasteiger partial charge in [-0.25, -0.2) is 13.1 Å². The van der Waals surface area contributed by atoms with Crippen molar-refractivity contribution in [3.05, 3.63) is 38.3 Å². The zero-order valence-electron chi connectivity index (χ0n) is 10.4. The third kappa shape index (κ3) is 3.96. The summed E-state index contributed by atoms with van der Waals surface area (Å²) in [6.45, 7) is 1.89. The van der Waals surface area contributed by atoms with Crippen LogP contribution in [0, 0.1) is 0 Å². The van der Waals surface area contributed by atoms with Crippen molar-refractivity contribution < 1.29 is 8.42 Å². The molecule has 0 radical (unpaired) electrons. The molecule has 110 valence electrons. The first kappa shape index (κ1) is 16.3. The van der Waals surface area contributed by atoms with Crippen LogP contribution in [0.25, 0.3) is 0 Å². The van der Waals surface area contributed by atoms with Crippen molar-refractivity contribution in [1.82, 2.24) is 10.0 Å². The molecule has 0 saturated heterocycles. The number of hydrogen-bond donors (Lipinski definition) is 2. The Morgan fingerprint density at radius 3 is 2.50 bits per heavy atom. The van der Waals surface area contributed by atoms with E-state index in [9.17, 15) is 8.42 Å². The molecule has 1 aliphatic rings. The van der Waals surface area contributed by atoms with Crippen LogP contribution in [0.3, 0.4) is 0 Å². The van der Waals surface area contributed by atoms with Gasteiger partial charge < -0.3 is 5.32 Å². The summed E-state index contributed by atoms with van der Waals surface area (Å²) in [5.74, 6) is 0. The maximum absolute atomic E-state index is 12.3. The maximum Gasteiger partial charge on any atom is 0.243 e. The predicted octanol–water partition coefficient (Wildman–Crippen LogP) is 2.95. The lowest BCUT2D eigenvalue weighted by Crippen LogP contribution is -2.30. The van der Waals surface area contributed by atoms with Gasteiger partial charge in [-0.2, -0.15) is 0 Å². The third-order valence-corrected chi connectivity index (χ3v) is 5.66. The quantitative estimate of drug-likeness (QED) is 0.765. The van der Waals surface area contributed by atoms with Crippen molar-refractivity contribution in [1.29, 1.82) is 0 Å². The van der Waals surface area contributed by atoms with Crippen LogP contribution in [-0.4, -0.2) is 28.1 Å². The molecule has 0 aliphatic carbocycles. The van der Waals surface area contributed by atoms with Gasteiger partial charge >= 0.3 is 0 Å². The fraction of sp³-hybridized carbons (Fsp3) is 0.333. The molecule has 0 bridgehead atoms. The molecule has 0 spiro atoms. The summed E-state index contributed by atoms with van der Waals surface area (Å²) < 4.78 is 27.7. The molecule has 2 N–H and O–H groups in total. The second-order valence-corrected chi connectivity index (χ2v) is 7.77. The molecule has 0 saturated carbocycles. The van der Waals surface area contributed by atoms with Gasteiger partial charge in [0.1, 0.15) is 4.90 Å². The minimum absolute atomic E-state index is 0.0847. The van der Waals surface area contributed by atoms with Crippen LogP contribution < -0.4 is 10.0 Å². The van der Waals surface area contributed by atoms with Crippen LogP contribution in [0.1, 0.15) is 6.42 Å². The van der Waals surface area contributed by atoms with Crippen molar-refractivity contribution in [2.45, 2.75) is 11.3 Å². The fourth-order valence-corrected chi connectivity index (χ4v) is 4.84. The van der Waals surface area contributed by atoms with Crippen LogP contribution in [0.4, 0.5) is 0 Å². The molecular formula is C12H13BrCl2N2O2S. The molecule has 0 atom stereocenters. The molecule has 1 heterocycles. The Hall–Kier alpha value is -0.110. The minimum atomic E-state index is -3.73. The molecule has 0 amide bonds. The highest BCUT2D eigenvalue weighted by Crippen LogP contribution is 2.32. The molecule has 0 fully saturated rings. The summed E-state index contributed by atoms with van der Waals surface area (Å²) in [6, 6.07) is 3.01. The van der Waals surface area contributed by atoms with Gasteiger partial charge in [-0.15, -0.1) is 0 Å². The summed E-state index contributed by atoms with van der Waals surface area (Å²) in [5.41, 5.74) is 1.05. The lowest BCUT2D eigenvalue weighted by Gasteiger charge is -2.15. The zero-order chi connectivity index (χ0) is 14.8. The first-order valence-electron chi connectivity index (χ1n) is 5.93. The number of halogens is 3. The lowest BCUT2D eigenvalue weighted by atomic mass is 10.1. The van der Waals surface area contributed by atoms with Gasteiger partial charge in [-0.05, 0) is 25.1 Å². The average Bonchev–Trinajstić information content (AvgIpc) is 2.36. The smallest absolute Gasteiger partial charge is 0.243 e. The largest absolute Gasteiger partial charge is 0.313 e. The van der Waals surface area contributed by atoms with E-state index in [1.165, 1.54) is 12.1 Å². The Kier molecular flexibility index (Phi) is 5.50. The number of sulfonamides is 1. The van der Waals surface area contributed by atoms with E-state index in [1.54, 1.807) is 0 Å².